The number of nitrogens with two attached hydrogens (primary N) is 1. The molecule has 3 heterocycles. The highest BCUT2D eigenvalue weighted by atomic mass is 32.1. The number of rotatable bonds is 6. The SMILES string of the molecule is Nc1ncc(-c2cnn(CCO)c2)c2scc(-c3ccc4ccc(C(=O)Nc5ccccc5)cc4c3)c12. The summed E-state index contributed by atoms with van der Waals surface area (Å²) in [4.78, 5) is 17.3. The second-order valence-electron chi connectivity index (χ2n) is 8.72. The van der Waals surface area contributed by atoms with E-state index in [-0.39, 0.29) is 12.5 Å². The Hall–Kier alpha value is -4.53. The molecule has 0 bridgehead atoms. The van der Waals surface area contributed by atoms with Crippen LogP contribution in [0.25, 0.3) is 43.1 Å². The van der Waals surface area contributed by atoms with Gasteiger partial charge in [0.15, 0.2) is 0 Å². The number of aliphatic hydroxyl groups is 1. The van der Waals surface area contributed by atoms with Gasteiger partial charge in [-0.2, -0.15) is 5.10 Å². The molecule has 0 radical (unpaired) electrons. The van der Waals surface area contributed by atoms with Crippen molar-refractivity contribution in [1.29, 1.82) is 0 Å². The third-order valence-corrected chi connectivity index (χ3v) is 7.36. The van der Waals surface area contributed by atoms with Crippen LogP contribution < -0.4 is 11.1 Å². The fourth-order valence-corrected chi connectivity index (χ4v) is 5.61. The molecule has 4 N–H and O–H groups in total. The number of carbonyl (C=O) groups is 1. The first-order valence-electron chi connectivity index (χ1n) is 11.8. The molecule has 6 aromatic rings. The Morgan fingerprint density at radius 1 is 0.973 bits per heavy atom. The quantitative estimate of drug-likeness (QED) is 0.265. The van der Waals surface area contributed by atoms with Crippen molar-refractivity contribution in [3.05, 3.63) is 96.3 Å². The molecule has 0 saturated heterocycles. The molecular weight excluding hydrogens is 482 g/mol. The van der Waals surface area contributed by atoms with Gasteiger partial charge in [0.25, 0.3) is 5.91 Å². The highest BCUT2D eigenvalue weighted by molar-refractivity contribution is 7.18. The van der Waals surface area contributed by atoms with Crippen LogP contribution in [0.4, 0.5) is 11.5 Å². The van der Waals surface area contributed by atoms with Crippen molar-refractivity contribution in [2.75, 3.05) is 17.7 Å². The molecule has 1 amide bonds. The molecule has 37 heavy (non-hydrogen) atoms. The van der Waals surface area contributed by atoms with Gasteiger partial charge >= 0.3 is 0 Å². The summed E-state index contributed by atoms with van der Waals surface area (Å²) >= 11 is 1.61. The summed E-state index contributed by atoms with van der Waals surface area (Å²) in [5, 5.41) is 21.5. The van der Waals surface area contributed by atoms with Gasteiger partial charge in [-0.15, -0.1) is 11.3 Å². The first-order chi connectivity index (χ1) is 18.1. The minimum absolute atomic E-state index is 0.0251. The van der Waals surface area contributed by atoms with E-state index in [1.165, 1.54) is 0 Å². The highest BCUT2D eigenvalue weighted by Crippen LogP contribution is 2.42. The van der Waals surface area contributed by atoms with E-state index in [0.29, 0.717) is 17.9 Å². The number of carbonyl (C=O) groups excluding carboxylic acids is 1. The predicted octanol–water partition coefficient (Wildman–Crippen LogP) is 5.81. The molecular formula is C29H23N5O2S. The molecule has 0 aliphatic carbocycles. The summed E-state index contributed by atoms with van der Waals surface area (Å²) in [6.45, 7) is 0.459. The molecule has 0 fully saturated rings. The number of pyridine rings is 1. The van der Waals surface area contributed by atoms with E-state index in [2.05, 4.69) is 39.0 Å². The minimum atomic E-state index is -0.153. The average molecular weight is 506 g/mol. The molecule has 3 aromatic carbocycles. The van der Waals surface area contributed by atoms with Crippen LogP contribution in [0.3, 0.4) is 0 Å². The Balaban J connectivity index is 1.39. The van der Waals surface area contributed by atoms with Gasteiger partial charge in [-0.3, -0.25) is 9.48 Å². The number of aliphatic hydroxyl groups excluding tert-OH is 1. The third kappa shape index (κ3) is 4.33. The van der Waals surface area contributed by atoms with E-state index in [1.807, 2.05) is 54.7 Å². The number of nitrogens with one attached hydrogen (secondary N) is 1. The van der Waals surface area contributed by atoms with Gasteiger partial charge in [-0.1, -0.05) is 36.4 Å². The number of fused-ring (bicyclic) bond motifs is 2. The van der Waals surface area contributed by atoms with Crippen LogP contribution in [-0.4, -0.2) is 32.4 Å². The predicted molar refractivity (Wildman–Crippen MR) is 150 cm³/mol. The number of nitrogens with zero attached hydrogens (tertiary/aromatic N) is 3. The minimum Gasteiger partial charge on any atom is -0.394 e. The van der Waals surface area contributed by atoms with Crippen molar-refractivity contribution in [3.63, 3.8) is 0 Å². The van der Waals surface area contributed by atoms with Crippen molar-refractivity contribution in [3.8, 4) is 22.3 Å². The smallest absolute Gasteiger partial charge is 0.255 e. The summed E-state index contributed by atoms with van der Waals surface area (Å²) < 4.78 is 2.74. The Morgan fingerprint density at radius 3 is 2.65 bits per heavy atom. The normalized spacial score (nSPS) is 11.3. The summed E-state index contributed by atoms with van der Waals surface area (Å²) in [6, 6.07) is 21.3. The molecule has 7 nitrogen and oxygen atoms in total. The van der Waals surface area contributed by atoms with Crippen molar-refractivity contribution in [1.82, 2.24) is 14.8 Å². The van der Waals surface area contributed by atoms with Gasteiger partial charge in [-0.25, -0.2) is 4.98 Å². The monoisotopic (exact) mass is 505 g/mol. The van der Waals surface area contributed by atoms with E-state index in [1.54, 1.807) is 28.4 Å². The Kier molecular flexibility index (Phi) is 5.88. The standard InChI is InChI=1S/C29H23N5O2S/c30-28-26-25(17-37-27(26)24(15-31-28)22-14-32-34(16-22)10-11-35)19-8-6-18-7-9-20(13-21(18)12-19)29(36)33-23-4-2-1-3-5-23/h1-9,12-17,35H,10-11H2,(H2,30,31)(H,33,36). The van der Waals surface area contributed by atoms with E-state index in [9.17, 15) is 9.90 Å². The van der Waals surface area contributed by atoms with Gasteiger partial charge in [0.05, 0.1) is 19.3 Å². The first kappa shape index (κ1) is 22.9. The first-order valence-corrected chi connectivity index (χ1v) is 12.7. The molecule has 182 valence electrons. The lowest BCUT2D eigenvalue weighted by molar-refractivity contribution is 0.102. The fourth-order valence-electron chi connectivity index (χ4n) is 4.49. The van der Waals surface area contributed by atoms with Crippen LogP contribution in [0.15, 0.2) is 90.7 Å². The fraction of sp³-hybridized carbons (Fsp3) is 0.0690. The Morgan fingerprint density at radius 2 is 1.81 bits per heavy atom. The Bertz CT molecular complexity index is 1760. The van der Waals surface area contributed by atoms with Crippen LogP contribution in [0, 0.1) is 0 Å². The number of nitrogen functional groups attached to an aromatic ring is 1. The van der Waals surface area contributed by atoms with Crippen LogP contribution in [0.1, 0.15) is 10.4 Å². The lowest BCUT2D eigenvalue weighted by Crippen LogP contribution is -2.11. The van der Waals surface area contributed by atoms with E-state index in [0.717, 1.165) is 48.8 Å². The zero-order chi connectivity index (χ0) is 25.4. The number of para-hydroxylation sites is 1. The number of amides is 1. The second-order valence-corrected chi connectivity index (χ2v) is 9.60. The molecule has 3 aromatic heterocycles. The molecule has 0 atom stereocenters. The molecule has 0 spiro atoms. The molecule has 6 rings (SSSR count). The lowest BCUT2D eigenvalue weighted by atomic mass is 9.98. The largest absolute Gasteiger partial charge is 0.394 e. The molecule has 0 aliphatic heterocycles. The van der Waals surface area contributed by atoms with Crippen molar-refractivity contribution in [2.45, 2.75) is 6.54 Å². The average Bonchev–Trinajstić information content (AvgIpc) is 3.57. The van der Waals surface area contributed by atoms with Crippen LogP contribution in [-0.2, 0) is 6.54 Å². The van der Waals surface area contributed by atoms with Gasteiger partial charge in [0.1, 0.15) is 5.82 Å². The number of thiophene rings is 1. The van der Waals surface area contributed by atoms with Crippen LogP contribution in [0.5, 0.6) is 0 Å². The second kappa shape index (κ2) is 9.50. The Labute approximate surface area is 216 Å². The molecule has 0 aliphatic rings. The summed E-state index contributed by atoms with van der Waals surface area (Å²) in [6.07, 6.45) is 5.45. The maximum absolute atomic E-state index is 12.9. The summed E-state index contributed by atoms with van der Waals surface area (Å²) in [5.41, 5.74) is 11.6. The van der Waals surface area contributed by atoms with Gasteiger partial charge in [0, 0.05) is 50.4 Å². The number of hydrogen-bond acceptors (Lipinski definition) is 6. The molecule has 0 unspecified atom stereocenters. The van der Waals surface area contributed by atoms with E-state index in [4.69, 9.17) is 5.73 Å². The van der Waals surface area contributed by atoms with E-state index >= 15 is 0 Å². The zero-order valence-electron chi connectivity index (χ0n) is 19.8. The van der Waals surface area contributed by atoms with Crippen molar-refractivity contribution in [2.24, 2.45) is 0 Å². The van der Waals surface area contributed by atoms with Gasteiger partial charge in [-0.05, 0) is 52.0 Å². The number of benzene rings is 3. The summed E-state index contributed by atoms with van der Waals surface area (Å²) in [5.74, 6) is 0.313. The van der Waals surface area contributed by atoms with Crippen LogP contribution >= 0.6 is 11.3 Å². The zero-order valence-corrected chi connectivity index (χ0v) is 20.6. The van der Waals surface area contributed by atoms with Crippen molar-refractivity contribution >= 4 is 49.6 Å². The van der Waals surface area contributed by atoms with Crippen molar-refractivity contribution < 1.29 is 9.90 Å². The van der Waals surface area contributed by atoms with Gasteiger partial charge < -0.3 is 16.2 Å². The van der Waals surface area contributed by atoms with Crippen LogP contribution in [0.2, 0.25) is 0 Å². The lowest BCUT2D eigenvalue weighted by Gasteiger charge is -2.09. The van der Waals surface area contributed by atoms with Gasteiger partial charge in [0.2, 0.25) is 0 Å². The van der Waals surface area contributed by atoms with E-state index < -0.39 is 0 Å². The molecule has 0 saturated carbocycles. The third-order valence-electron chi connectivity index (χ3n) is 6.34. The number of hydrogen-bond donors (Lipinski definition) is 3. The highest BCUT2D eigenvalue weighted by Gasteiger charge is 2.17. The number of aromatic nitrogens is 3. The topological polar surface area (TPSA) is 106 Å². The number of anilines is 2. The maximum Gasteiger partial charge on any atom is 0.255 e. The summed E-state index contributed by atoms with van der Waals surface area (Å²) in [7, 11) is 0. The maximum atomic E-state index is 12.9. The molecule has 8 heteroatoms.